The number of halogens is 14. The second-order valence-electron chi connectivity index (χ2n) is 3.73. The van der Waals surface area contributed by atoms with E-state index in [0.29, 0.717) is 0 Å². The highest BCUT2D eigenvalue weighted by atomic mass is 19.4. The Balaban J connectivity index is 5.48. The zero-order valence-corrected chi connectivity index (χ0v) is 9.91. The molecule has 0 atom stereocenters. The third kappa shape index (κ3) is 3.98. The van der Waals surface area contributed by atoms with Crippen LogP contribution < -0.4 is 0 Å². The van der Waals surface area contributed by atoms with Crippen molar-refractivity contribution in [2.24, 2.45) is 0 Å². The van der Waals surface area contributed by atoms with Gasteiger partial charge in [-0.05, 0) is 0 Å². The lowest BCUT2D eigenvalue weighted by atomic mass is 10.0. The van der Waals surface area contributed by atoms with Crippen LogP contribution in [-0.4, -0.2) is 36.7 Å². The maximum absolute atomic E-state index is 12.7. The van der Waals surface area contributed by atoms with E-state index >= 15 is 0 Å². The second kappa shape index (κ2) is 5.98. The Morgan fingerprint density at radius 2 is 1.04 bits per heavy atom. The minimum Gasteiger partial charge on any atom is -0.308 e. The first kappa shape index (κ1) is 21.7. The number of hydrogen-bond acceptors (Lipinski definition) is 1. The van der Waals surface area contributed by atoms with Crippen molar-refractivity contribution in [1.29, 1.82) is 0 Å². The first-order valence-electron chi connectivity index (χ1n) is 4.74. The minimum absolute atomic E-state index is 2.33. The van der Waals surface area contributed by atoms with E-state index in [0.717, 1.165) is 0 Å². The van der Waals surface area contributed by atoms with Crippen LogP contribution in [0.25, 0.3) is 0 Å². The lowest BCUT2D eigenvalue weighted by Crippen LogP contribution is -2.62. The third-order valence-electron chi connectivity index (χ3n) is 2.07. The van der Waals surface area contributed by atoms with E-state index in [1.54, 1.807) is 0 Å². The van der Waals surface area contributed by atoms with Gasteiger partial charge in [-0.15, -0.1) is 0 Å². The highest BCUT2D eigenvalue weighted by Gasteiger charge is 2.81. The van der Waals surface area contributed by atoms with Crippen LogP contribution in [-0.2, 0) is 4.74 Å². The molecular weight excluding hydrogens is 378 g/mol. The number of hydrogen-bond donors (Lipinski definition) is 0. The van der Waals surface area contributed by atoms with Gasteiger partial charge >= 0.3 is 36.1 Å². The van der Waals surface area contributed by atoms with Gasteiger partial charge in [0.15, 0.2) is 0 Å². The van der Waals surface area contributed by atoms with Crippen LogP contribution >= 0.6 is 0 Å². The molecule has 0 unspecified atom stereocenters. The summed E-state index contributed by atoms with van der Waals surface area (Å²) in [7, 11) is 0. The van der Waals surface area contributed by atoms with E-state index in [4.69, 9.17) is 0 Å². The van der Waals surface area contributed by atoms with Crippen LogP contribution in [0.3, 0.4) is 0 Å². The summed E-state index contributed by atoms with van der Waals surface area (Å²) in [6, 6.07) is 0. The van der Waals surface area contributed by atoms with Crippen LogP contribution in [0.5, 0.6) is 0 Å². The lowest BCUT2D eigenvalue weighted by molar-refractivity contribution is -0.405. The Kier molecular flexibility index (Phi) is 5.64. The number of ether oxygens (including phenoxy) is 1. The van der Waals surface area contributed by atoms with Crippen LogP contribution in [0, 0.1) is 0 Å². The predicted octanol–water partition coefficient (Wildman–Crippen LogP) is 5.14. The highest BCUT2D eigenvalue weighted by molar-refractivity contribution is 5.03. The largest absolute Gasteiger partial charge is 0.460 e. The maximum Gasteiger partial charge on any atom is 0.460 e. The molecule has 0 amide bonds. The van der Waals surface area contributed by atoms with Crippen molar-refractivity contribution in [1.82, 2.24) is 0 Å². The summed E-state index contributed by atoms with van der Waals surface area (Å²) in [6.07, 6.45) is -17.0. The smallest absolute Gasteiger partial charge is 0.308 e. The second-order valence-corrected chi connectivity index (χ2v) is 3.73. The summed E-state index contributed by atoms with van der Waals surface area (Å²) in [4.78, 5) is 0. The number of alkyl halides is 11. The molecule has 0 bridgehead atoms. The Morgan fingerprint density at radius 1 is 0.652 bits per heavy atom. The van der Waals surface area contributed by atoms with Gasteiger partial charge in [0.1, 0.15) is 6.61 Å². The molecule has 15 heteroatoms. The van der Waals surface area contributed by atoms with Crippen molar-refractivity contribution >= 4 is 0 Å². The molecule has 0 aliphatic rings. The molecule has 0 N–H and O–H groups in total. The fourth-order valence-corrected chi connectivity index (χ4v) is 0.853. The van der Waals surface area contributed by atoms with E-state index in [1.807, 2.05) is 0 Å². The molecule has 0 aromatic carbocycles. The average Bonchev–Trinajstić information content (AvgIpc) is 2.33. The Bertz CT molecular complexity index is 456. The lowest BCUT2D eigenvalue weighted by Gasteiger charge is -2.33. The van der Waals surface area contributed by atoms with Crippen LogP contribution in [0.2, 0.25) is 0 Å². The van der Waals surface area contributed by atoms with Gasteiger partial charge in [0, 0.05) is 0 Å². The molecule has 0 fully saturated rings. The monoisotopic (exact) mass is 380 g/mol. The fraction of sp³-hybridized carbons (Fsp3) is 0.750. The normalized spacial score (nSPS) is 14.9. The van der Waals surface area contributed by atoms with Crippen molar-refractivity contribution in [3.8, 4) is 0 Å². The van der Waals surface area contributed by atoms with E-state index in [-0.39, 0.29) is 0 Å². The van der Waals surface area contributed by atoms with E-state index < -0.39 is 48.6 Å². The van der Waals surface area contributed by atoms with E-state index in [1.165, 1.54) is 0 Å². The standard InChI is InChI=1S/C8H2F14O/c9-2(3(10)11)5(14,15)23-1-4(12,13)6(16,17)7(18,19)8(20,21)22/h1H2. The van der Waals surface area contributed by atoms with Crippen molar-refractivity contribution in [2.45, 2.75) is 30.1 Å². The minimum atomic E-state index is -7.39. The highest BCUT2D eigenvalue weighted by Crippen LogP contribution is 2.53. The molecule has 0 radical (unpaired) electrons. The maximum atomic E-state index is 12.7. The van der Waals surface area contributed by atoms with Crippen molar-refractivity contribution < 1.29 is 66.2 Å². The summed E-state index contributed by atoms with van der Waals surface area (Å²) in [6.45, 7) is -3.63. The zero-order chi connectivity index (χ0) is 19.1. The van der Waals surface area contributed by atoms with Crippen molar-refractivity contribution in [3.63, 3.8) is 0 Å². The van der Waals surface area contributed by atoms with Crippen molar-refractivity contribution in [2.75, 3.05) is 6.61 Å². The summed E-state index contributed by atoms with van der Waals surface area (Å²) in [5, 5.41) is 0. The van der Waals surface area contributed by atoms with Gasteiger partial charge in [0.2, 0.25) is 0 Å². The molecule has 0 rings (SSSR count). The molecule has 0 spiro atoms. The third-order valence-corrected chi connectivity index (χ3v) is 2.07. The fourth-order valence-electron chi connectivity index (χ4n) is 0.853. The quantitative estimate of drug-likeness (QED) is 0.580. The number of rotatable bonds is 6. The first-order valence-corrected chi connectivity index (χ1v) is 4.74. The molecular formula is C8H2F14O. The van der Waals surface area contributed by atoms with E-state index in [2.05, 4.69) is 4.74 Å². The Labute approximate surface area is 116 Å². The first-order chi connectivity index (χ1) is 9.81. The van der Waals surface area contributed by atoms with Gasteiger partial charge in [0.05, 0.1) is 0 Å². The molecule has 0 heterocycles. The molecule has 1 nitrogen and oxygen atoms in total. The van der Waals surface area contributed by atoms with Gasteiger partial charge < -0.3 is 4.74 Å². The molecule has 138 valence electrons. The molecule has 0 aromatic rings. The molecule has 0 aromatic heterocycles. The molecule has 23 heavy (non-hydrogen) atoms. The van der Waals surface area contributed by atoms with Gasteiger partial charge in [-0.3, -0.25) is 0 Å². The van der Waals surface area contributed by atoms with Gasteiger partial charge in [-0.2, -0.15) is 61.5 Å². The van der Waals surface area contributed by atoms with Gasteiger partial charge in [-0.1, -0.05) is 0 Å². The van der Waals surface area contributed by atoms with Gasteiger partial charge in [0.25, 0.3) is 5.83 Å². The summed E-state index contributed by atoms with van der Waals surface area (Å²) < 4.78 is 172. The van der Waals surface area contributed by atoms with Crippen LogP contribution in [0.1, 0.15) is 0 Å². The van der Waals surface area contributed by atoms with Crippen LogP contribution in [0.15, 0.2) is 11.9 Å². The average molecular weight is 380 g/mol. The molecule has 0 aliphatic carbocycles. The van der Waals surface area contributed by atoms with E-state index in [9.17, 15) is 61.5 Å². The molecule has 0 saturated heterocycles. The summed E-state index contributed by atoms with van der Waals surface area (Å²) in [5.74, 6) is -25.1. The Hall–Kier alpha value is -1.28. The van der Waals surface area contributed by atoms with Crippen LogP contribution in [0.4, 0.5) is 61.5 Å². The predicted molar refractivity (Wildman–Crippen MR) is 42.1 cm³/mol. The van der Waals surface area contributed by atoms with Gasteiger partial charge in [-0.25, -0.2) is 0 Å². The zero-order valence-electron chi connectivity index (χ0n) is 9.91. The summed E-state index contributed by atoms with van der Waals surface area (Å²) >= 11 is 0. The van der Waals surface area contributed by atoms with Crippen molar-refractivity contribution in [3.05, 3.63) is 11.9 Å². The topological polar surface area (TPSA) is 9.23 Å². The summed E-state index contributed by atoms with van der Waals surface area (Å²) in [5.41, 5.74) is 0. The Morgan fingerprint density at radius 3 is 1.35 bits per heavy atom. The molecule has 0 aliphatic heterocycles. The molecule has 0 saturated carbocycles. The SMILES string of the molecule is FC(F)=C(F)C(F)(F)OCC(F)(F)C(F)(F)C(F)(F)C(F)(F)F.